The summed E-state index contributed by atoms with van der Waals surface area (Å²) < 4.78 is 0. The molecule has 2 aromatic rings. The van der Waals surface area contributed by atoms with Gasteiger partial charge in [-0.15, -0.1) is 0 Å². The molecule has 1 atom stereocenters. The lowest BCUT2D eigenvalue weighted by atomic mass is 10.0. The van der Waals surface area contributed by atoms with Crippen LogP contribution >= 0.6 is 0 Å². The molecule has 0 bridgehead atoms. The van der Waals surface area contributed by atoms with E-state index in [9.17, 15) is 5.11 Å². The third-order valence-electron chi connectivity index (χ3n) is 2.51. The Bertz CT molecular complexity index is 496. The fourth-order valence-electron chi connectivity index (χ4n) is 1.73. The molecule has 1 aromatic heterocycles. The number of H-pyrrole nitrogens is 1. The molecule has 1 heterocycles. The first kappa shape index (κ1) is 9.75. The van der Waals surface area contributed by atoms with Gasteiger partial charge in [0, 0.05) is 29.1 Å². The number of fused-ring (bicyclic) bond motifs is 1. The highest BCUT2D eigenvalue weighted by atomic mass is 16.3. The van der Waals surface area contributed by atoms with E-state index in [1.807, 2.05) is 36.5 Å². The number of nitrogens with one attached hydrogen (secondary N) is 1. The Labute approximate surface area is 88.0 Å². The lowest BCUT2D eigenvalue weighted by Crippen LogP contribution is -1.95. The minimum absolute atomic E-state index is 0.376. The summed E-state index contributed by atoms with van der Waals surface area (Å²) in [6.45, 7) is 0. The molecule has 3 nitrogen and oxygen atoms in total. The Balaban J connectivity index is 2.32. The number of rotatable bonds is 3. The van der Waals surface area contributed by atoms with Crippen molar-refractivity contribution < 1.29 is 5.11 Å². The summed E-state index contributed by atoms with van der Waals surface area (Å²) in [5.41, 5.74) is 1.89. The molecule has 76 valence electrons. The van der Waals surface area contributed by atoms with Crippen molar-refractivity contribution in [2.24, 2.45) is 0 Å². The van der Waals surface area contributed by atoms with Crippen molar-refractivity contribution >= 4 is 10.9 Å². The van der Waals surface area contributed by atoms with Crippen LogP contribution in [-0.2, 0) is 0 Å². The quantitative estimate of drug-likeness (QED) is 0.799. The number of para-hydroxylation sites is 1. The highest BCUT2D eigenvalue weighted by Gasteiger charge is 2.11. The van der Waals surface area contributed by atoms with Gasteiger partial charge in [0.1, 0.15) is 0 Å². The maximum Gasteiger partial charge on any atom is 0.0820 e. The second kappa shape index (κ2) is 4.16. The molecule has 0 radical (unpaired) electrons. The smallest absolute Gasteiger partial charge is 0.0820 e. The third kappa shape index (κ3) is 1.85. The SMILES string of the molecule is N#CCCC(O)c1c[nH]c2ccccc12. The zero-order chi connectivity index (χ0) is 10.7. The molecule has 1 unspecified atom stereocenters. The van der Waals surface area contributed by atoms with Gasteiger partial charge in [0.15, 0.2) is 0 Å². The summed E-state index contributed by atoms with van der Waals surface area (Å²) in [7, 11) is 0. The summed E-state index contributed by atoms with van der Waals surface area (Å²) in [5, 5.41) is 19.4. The van der Waals surface area contributed by atoms with Gasteiger partial charge in [0.2, 0.25) is 0 Å². The first-order valence-corrected chi connectivity index (χ1v) is 4.94. The molecule has 0 aliphatic heterocycles. The zero-order valence-corrected chi connectivity index (χ0v) is 8.27. The number of hydrogen-bond acceptors (Lipinski definition) is 2. The van der Waals surface area contributed by atoms with Crippen molar-refractivity contribution in [3.05, 3.63) is 36.0 Å². The third-order valence-corrected chi connectivity index (χ3v) is 2.51. The number of aromatic amines is 1. The molecule has 3 heteroatoms. The number of nitriles is 1. The topological polar surface area (TPSA) is 59.8 Å². The van der Waals surface area contributed by atoms with Gasteiger partial charge in [0.05, 0.1) is 12.2 Å². The van der Waals surface area contributed by atoms with E-state index in [1.54, 1.807) is 0 Å². The van der Waals surface area contributed by atoms with E-state index < -0.39 is 6.10 Å². The minimum Gasteiger partial charge on any atom is -0.388 e. The van der Waals surface area contributed by atoms with E-state index in [0.717, 1.165) is 16.5 Å². The summed E-state index contributed by atoms with van der Waals surface area (Å²) in [5.74, 6) is 0. The maximum atomic E-state index is 9.87. The lowest BCUT2D eigenvalue weighted by Gasteiger charge is -2.06. The first-order chi connectivity index (χ1) is 7.33. The van der Waals surface area contributed by atoms with Crippen molar-refractivity contribution in [3.63, 3.8) is 0 Å². The second-order valence-corrected chi connectivity index (χ2v) is 3.50. The van der Waals surface area contributed by atoms with Crippen LogP contribution in [0.3, 0.4) is 0 Å². The van der Waals surface area contributed by atoms with Crippen LogP contribution in [0.1, 0.15) is 24.5 Å². The van der Waals surface area contributed by atoms with Crippen LogP contribution in [0.25, 0.3) is 10.9 Å². The van der Waals surface area contributed by atoms with Gasteiger partial charge in [-0.2, -0.15) is 5.26 Å². The van der Waals surface area contributed by atoms with Crippen molar-refractivity contribution in [3.8, 4) is 6.07 Å². The molecule has 0 spiro atoms. The van der Waals surface area contributed by atoms with E-state index in [4.69, 9.17) is 5.26 Å². The minimum atomic E-state index is -0.555. The van der Waals surface area contributed by atoms with Gasteiger partial charge in [-0.05, 0) is 12.5 Å². The lowest BCUT2D eigenvalue weighted by molar-refractivity contribution is 0.171. The number of benzene rings is 1. The normalized spacial score (nSPS) is 12.5. The summed E-state index contributed by atoms with van der Waals surface area (Å²) in [4.78, 5) is 3.10. The molecule has 2 rings (SSSR count). The number of hydrogen-bond donors (Lipinski definition) is 2. The summed E-state index contributed by atoms with van der Waals surface area (Å²) >= 11 is 0. The van der Waals surface area contributed by atoms with Crippen LogP contribution < -0.4 is 0 Å². The Hall–Kier alpha value is -1.79. The van der Waals surface area contributed by atoms with Gasteiger partial charge in [-0.25, -0.2) is 0 Å². The molecule has 0 aliphatic rings. The Morgan fingerprint density at radius 2 is 2.20 bits per heavy atom. The van der Waals surface area contributed by atoms with Gasteiger partial charge in [-0.1, -0.05) is 18.2 Å². The van der Waals surface area contributed by atoms with Crippen molar-refractivity contribution in [2.75, 3.05) is 0 Å². The second-order valence-electron chi connectivity index (χ2n) is 3.50. The predicted molar refractivity (Wildman–Crippen MR) is 58.1 cm³/mol. The summed E-state index contributed by atoms with van der Waals surface area (Å²) in [6, 6.07) is 9.87. The van der Waals surface area contributed by atoms with Crippen molar-refractivity contribution in [1.82, 2.24) is 4.98 Å². The molecule has 0 fully saturated rings. The van der Waals surface area contributed by atoms with E-state index in [-0.39, 0.29) is 0 Å². The van der Waals surface area contributed by atoms with Crippen LogP contribution in [0, 0.1) is 11.3 Å². The Kier molecular flexibility index (Phi) is 2.70. The highest BCUT2D eigenvalue weighted by Crippen LogP contribution is 2.26. The average molecular weight is 200 g/mol. The average Bonchev–Trinajstić information content (AvgIpc) is 2.69. The standard InChI is InChI=1S/C12H12N2O/c13-7-3-6-12(15)10-8-14-11-5-2-1-4-9(10)11/h1-2,4-5,8,12,14-15H,3,6H2. The van der Waals surface area contributed by atoms with Gasteiger partial charge in [-0.3, -0.25) is 0 Å². The van der Waals surface area contributed by atoms with Gasteiger partial charge >= 0.3 is 0 Å². The fourth-order valence-corrected chi connectivity index (χ4v) is 1.73. The number of aliphatic hydroxyl groups is 1. The zero-order valence-electron chi connectivity index (χ0n) is 8.27. The fraction of sp³-hybridized carbons (Fsp3) is 0.250. The number of nitrogens with zero attached hydrogens (tertiary/aromatic N) is 1. The number of aromatic nitrogens is 1. The summed E-state index contributed by atoms with van der Waals surface area (Å²) in [6.07, 6.45) is 2.12. The van der Waals surface area contributed by atoms with E-state index >= 15 is 0 Å². The monoisotopic (exact) mass is 200 g/mol. The molecule has 2 N–H and O–H groups in total. The van der Waals surface area contributed by atoms with Crippen LogP contribution in [0.2, 0.25) is 0 Å². The van der Waals surface area contributed by atoms with Gasteiger partial charge < -0.3 is 10.1 Å². The molecule has 0 saturated heterocycles. The molecular weight excluding hydrogens is 188 g/mol. The van der Waals surface area contributed by atoms with E-state index in [0.29, 0.717) is 12.8 Å². The molecule has 1 aromatic carbocycles. The predicted octanol–water partition coefficient (Wildman–Crippen LogP) is 2.51. The maximum absolute atomic E-state index is 9.87. The first-order valence-electron chi connectivity index (χ1n) is 4.94. The Morgan fingerprint density at radius 1 is 1.40 bits per heavy atom. The van der Waals surface area contributed by atoms with E-state index in [1.165, 1.54) is 0 Å². The van der Waals surface area contributed by atoms with Crippen LogP contribution in [-0.4, -0.2) is 10.1 Å². The molecular formula is C12H12N2O. The van der Waals surface area contributed by atoms with Gasteiger partial charge in [0.25, 0.3) is 0 Å². The molecule has 0 aliphatic carbocycles. The Morgan fingerprint density at radius 3 is 3.00 bits per heavy atom. The van der Waals surface area contributed by atoms with E-state index in [2.05, 4.69) is 4.98 Å². The van der Waals surface area contributed by atoms with Crippen LogP contribution in [0.4, 0.5) is 0 Å². The van der Waals surface area contributed by atoms with Crippen LogP contribution in [0.15, 0.2) is 30.5 Å². The van der Waals surface area contributed by atoms with Crippen LogP contribution in [0.5, 0.6) is 0 Å². The largest absolute Gasteiger partial charge is 0.388 e. The molecule has 0 saturated carbocycles. The number of aliphatic hydroxyl groups excluding tert-OH is 1. The van der Waals surface area contributed by atoms with Crippen molar-refractivity contribution in [1.29, 1.82) is 5.26 Å². The van der Waals surface area contributed by atoms with Crippen molar-refractivity contribution in [2.45, 2.75) is 18.9 Å². The molecule has 0 amide bonds. The molecule has 15 heavy (non-hydrogen) atoms. The highest BCUT2D eigenvalue weighted by molar-refractivity contribution is 5.83.